The summed E-state index contributed by atoms with van der Waals surface area (Å²) in [6.07, 6.45) is 12.6. The van der Waals surface area contributed by atoms with Gasteiger partial charge < -0.3 is 44.2 Å². The highest BCUT2D eigenvalue weighted by molar-refractivity contribution is 5.98. The number of ether oxygens (including phenoxy) is 6. The van der Waals surface area contributed by atoms with Crippen LogP contribution in [0.25, 0.3) is 0 Å². The van der Waals surface area contributed by atoms with Gasteiger partial charge in [-0.05, 0) is 115 Å². The summed E-state index contributed by atoms with van der Waals surface area (Å²) < 4.78 is 58.7. The van der Waals surface area contributed by atoms with Crippen LogP contribution in [-0.4, -0.2) is 129 Å². The molecule has 5 rings (SSSR count). The lowest BCUT2D eigenvalue weighted by Crippen LogP contribution is -2.48. The number of carboxylic acid groups (broad SMARTS) is 1. The molecule has 2 saturated carbocycles. The van der Waals surface area contributed by atoms with E-state index in [0.717, 1.165) is 63.0 Å². The molecule has 1 heterocycles. The molecule has 1 saturated heterocycles. The van der Waals surface area contributed by atoms with Crippen molar-refractivity contribution in [3.8, 4) is 23.8 Å². The van der Waals surface area contributed by atoms with E-state index in [4.69, 9.17) is 51.1 Å². The smallest absolute Gasteiger partial charge is 0.306 e. The number of terminal acetylenes is 1. The third-order valence-electron chi connectivity index (χ3n) is 12.6. The number of likely N-dealkylation sites (tertiary alicyclic amines) is 1. The highest BCUT2D eigenvalue weighted by Crippen LogP contribution is 2.36. The van der Waals surface area contributed by atoms with Crippen LogP contribution in [0.2, 0.25) is 0 Å². The number of halogens is 2. The number of benzene rings is 2. The number of hydrogen-bond acceptors (Lipinski definition) is 11. The molecule has 0 amide bonds. The third-order valence-corrected chi connectivity index (χ3v) is 12.6. The molecule has 0 bridgehead atoms. The fourth-order valence-electron chi connectivity index (χ4n) is 8.94. The maximum absolute atomic E-state index is 12.4. The molecule has 67 heavy (non-hydrogen) atoms. The predicted molar refractivity (Wildman–Crippen MR) is 261 cm³/mol. The molecular formula is C52H81F2N5O8. The Morgan fingerprint density at radius 3 is 1.94 bits per heavy atom. The zero-order valence-electron chi connectivity index (χ0n) is 40.9. The minimum Gasteiger partial charge on any atom is -0.491 e. The maximum atomic E-state index is 12.4. The first-order valence-electron chi connectivity index (χ1n) is 24.5. The van der Waals surface area contributed by atoms with Gasteiger partial charge in [-0.15, -0.1) is 6.42 Å². The van der Waals surface area contributed by atoms with E-state index < -0.39 is 17.8 Å². The molecule has 1 aliphatic heterocycles. The first kappa shape index (κ1) is 57.1. The minimum atomic E-state index is -2.62. The predicted octanol–water partition coefficient (Wildman–Crippen LogP) is 9.62. The second kappa shape index (κ2) is 31.8. The second-order valence-electron chi connectivity index (χ2n) is 17.5. The first-order valence-corrected chi connectivity index (χ1v) is 24.5. The number of nitrogens with one attached hydrogen (secondary N) is 2. The molecule has 4 unspecified atom stereocenters. The van der Waals surface area contributed by atoms with Gasteiger partial charge in [-0.2, -0.15) is 0 Å². The van der Waals surface area contributed by atoms with Gasteiger partial charge in [0.25, 0.3) is 0 Å². The van der Waals surface area contributed by atoms with E-state index in [-0.39, 0.29) is 49.8 Å². The highest BCUT2D eigenvalue weighted by Gasteiger charge is 2.38. The van der Waals surface area contributed by atoms with Gasteiger partial charge in [0, 0.05) is 49.5 Å². The fraction of sp³-hybridized carbons (Fsp3) is 0.673. The van der Waals surface area contributed by atoms with Gasteiger partial charge in [-0.3, -0.25) is 20.5 Å². The molecule has 2 aromatic rings. The van der Waals surface area contributed by atoms with Crippen LogP contribution in [0.1, 0.15) is 123 Å². The Morgan fingerprint density at radius 2 is 1.39 bits per heavy atom. The normalized spacial score (nSPS) is 21.3. The summed E-state index contributed by atoms with van der Waals surface area (Å²) in [5.74, 6) is 1.06. The lowest BCUT2D eigenvalue weighted by atomic mass is 9.85. The SMILES string of the molecule is C#CCOCCOCCOCCOCCOc1ccc(OC2CCC(C(=N)N(C(C)=N)C(C)CC3CCC(C)N3CCC(N)c3ccccc3)CC2)cc1.CC.O=C(O)C1CCC(F)(F)CC1. The number of rotatable bonds is 25. The molecule has 0 radical (unpaired) electrons. The largest absolute Gasteiger partial charge is 0.491 e. The average Bonchev–Trinajstić information content (AvgIpc) is 3.67. The monoisotopic (exact) mass is 942 g/mol. The zero-order chi connectivity index (χ0) is 49.0. The van der Waals surface area contributed by atoms with E-state index in [1.54, 1.807) is 0 Å². The van der Waals surface area contributed by atoms with Crippen molar-refractivity contribution in [1.29, 1.82) is 10.8 Å². The van der Waals surface area contributed by atoms with Crippen LogP contribution < -0.4 is 15.2 Å². The Balaban J connectivity index is 0.000000793. The molecule has 5 N–H and O–H groups in total. The Labute approximate surface area is 399 Å². The summed E-state index contributed by atoms with van der Waals surface area (Å²) >= 11 is 0. The second-order valence-corrected chi connectivity index (χ2v) is 17.5. The van der Waals surface area contributed by atoms with Gasteiger partial charge >= 0.3 is 5.97 Å². The molecule has 13 nitrogen and oxygen atoms in total. The van der Waals surface area contributed by atoms with Crippen molar-refractivity contribution in [2.75, 3.05) is 66.0 Å². The average molecular weight is 942 g/mol. The Kier molecular flexibility index (Phi) is 27.1. The van der Waals surface area contributed by atoms with Crippen LogP contribution in [-0.2, 0) is 23.7 Å². The van der Waals surface area contributed by atoms with Gasteiger partial charge in [0.05, 0.1) is 64.1 Å². The number of nitrogens with zero attached hydrogens (tertiary/aromatic N) is 2. The molecular weight excluding hydrogens is 861 g/mol. The fourth-order valence-corrected chi connectivity index (χ4v) is 8.94. The van der Waals surface area contributed by atoms with Gasteiger partial charge in [0.1, 0.15) is 30.5 Å². The summed E-state index contributed by atoms with van der Waals surface area (Å²) in [6.45, 7) is 15.5. The van der Waals surface area contributed by atoms with Crippen molar-refractivity contribution in [1.82, 2.24) is 9.80 Å². The molecule has 0 aromatic heterocycles. The number of aliphatic carboxylic acids is 1. The molecule has 0 spiro atoms. The van der Waals surface area contributed by atoms with Crippen molar-refractivity contribution in [3.05, 3.63) is 60.2 Å². The van der Waals surface area contributed by atoms with Crippen LogP contribution in [0.15, 0.2) is 54.6 Å². The molecule has 2 aromatic carbocycles. The maximum Gasteiger partial charge on any atom is 0.306 e. The molecule has 15 heteroatoms. The van der Waals surface area contributed by atoms with Crippen LogP contribution >= 0.6 is 0 Å². The van der Waals surface area contributed by atoms with Crippen molar-refractivity contribution in [2.45, 2.75) is 148 Å². The Morgan fingerprint density at radius 1 is 0.836 bits per heavy atom. The van der Waals surface area contributed by atoms with Crippen LogP contribution in [0.4, 0.5) is 8.78 Å². The van der Waals surface area contributed by atoms with Crippen molar-refractivity contribution >= 4 is 17.6 Å². The zero-order valence-corrected chi connectivity index (χ0v) is 40.9. The first-order chi connectivity index (χ1) is 32.3. The Bertz CT molecular complexity index is 1720. The number of nitrogens with two attached hydrogens (primary N) is 1. The van der Waals surface area contributed by atoms with Crippen LogP contribution in [0, 0.1) is 35.0 Å². The number of carboxylic acids is 1. The molecule has 3 fully saturated rings. The molecule has 376 valence electrons. The summed E-state index contributed by atoms with van der Waals surface area (Å²) in [5, 5.41) is 26.4. The number of alkyl halides is 2. The van der Waals surface area contributed by atoms with Gasteiger partial charge in [0.2, 0.25) is 5.92 Å². The van der Waals surface area contributed by atoms with E-state index in [9.17, 15) is 19.0 Å². The van der Waals surface area contributed by atoms with E-state index in [1.165, 1.54) is 12.0 Å². The molecule has 4 atom stereocenters. The van der Waals surface area contributed by atoms with Gasteiger partial charge in [-0.1, -0.05) is 50.1 Å². The molecule has 2 aliphatic carbocycles. The molecule has 3 aliphatic rings. The van der Waals surface area contributed by atoms with Crippen molar-refractivity contribution in [3.63, 3.8) is 0 Å². The number of amidine groups is 2. The quantitative estimate of drug-likeness (QED) is 0.0323. The van der Waals surface area contributed by atoms with Crippen LogP contribution in [0.5, 0.6) is 11.5 Å². The topological polar surface area (TPSA) is 173 Å². The van der Waals surface area contributed by atoms with E-state index in [2.05, 4.69) is 48.9 Å². The summed E-state index contributed by atoms with van der Waals surface area (Å²) in [6, 6.07) is 19.2. The van der Waals surface area contributed by atoms with E-state index in [1.807, 2.05) is 56.0 Å². The minimum absolute atomic E-state index is 0.0286. The van der Waals surface area contributed by atoms with Crippen LogP contribution in [0.3, 0.4) is 0 Å². The van der Waals surface area contributed by atoms with Crippen molar-refractivity contribution < 1.29 is 47.1 Å². The van der Waals surface area contributed by atoms with Gasteiger partial charge in [0.15, 0.2) is 0 Å². The Hall–Kier alpha value is -4.17. The number of carbonyl (C=O) groups is 1. The third kappa shape index (κ3) is 21.3. The standard InChI is InChI=1S/C43H65N5O6.C7H10F2O2.C2H6/c1-5-23-49-24-25-50-26-27-51-28-29-52-30-31-53-39-17-19-41(20-18-39)54-40-15-12-37(13-16-40)43(46)48(35(4)44)34(3)32-38-14-11-33(2)47(38)22-21-42(45)36-9-7-6-8-10-36;8-7(9)3-1-5(2-4-7)6(10)11;1-2/h1,6-10,17-20,33-34,37-38,40,42,44,46H,11-16,21-32,45H2,2-4H3;5H,1-4H2,(H,10,11);1-2H3. The highest BCUT2D eigenvalue weighted by atomic mass is 19.3. The van der Waals surface area contributed by atoms with Gasteiger partial charge in [-0.25, -0.2) is 8.78 Å². The van der Waals surface area contributed by atoms with Crippen molar-refractivity contribution in [2.24, 2.45) is 17.6 Å². The summed E-state index contributed by atoms with van der Waals surface area (Å²) in [4.78, 5) is 14.9. The lowest BCUT2D eigenvalue weighted by molar-refractivity contribution is -0.145. The summed E-state index contributed by atoms with van der Waals surface area (Å²) in [5.41, 5.74) is 7.75. The lowest BCUT2D eigenvalue weighted by Gasteiger charge is -2.39. The number of hydrogen-bond donors (Lipinski definition) is 4. The van der Waals surface area contributed by atoms with E-state index >= 15 is 0 Å². The van der Waals surface area contributed by atoms with E-state index in [0.29, 0.717) is 83.2 Å². The summed E-state index contributed by atoms with van der Waals surface area (Å²) in [7, 11) is 0.